The molecule has 1 heterocycles. The smallest absolute Gasteiger partial charge is 0.327 e. The number of carbonyl (C=O) groups is 1. The molecule has 0 spiro atoms. The van der Waals surface area contributed by atoms with Gasteiger partial charge < -0.3 is 9.46 Å². The van der Waals surface area contributed by atoms with Crippen LogP contribution in [0, 0.1) is 0 Å². The van der Waals surface area contributed by atoms with E-state index in [0.29, 0.717) is 6.61 Å². The van der Waals surface area contributed by atoms with Crippen LogP contribution >= 0.6 is 0 Å². The number of rotatable bonds is 5. The molecular weight excluding hydrogens is 266 g/mol. The maximum atomic E-state index is 11.5. The quantitative estimate of drug-likeness (QED) is 0.804. The number of esters is 1. The molecule has 1 aromatic heterocycles. The fourth-order valence-electron chi connectivity index (χ4n) is 2.08. The van der Waals surface area contributed by atoms with Gasteiger partial charge >= 0.3 is 5.97 Å². The third-order valence-corrected chi connectivity index (χ3v) is 3.31. The van der Waals surface area contributed by atoms with Crippen LogP contribution in [0.3, 0.4) is 0 Å². The van der Waals surface area contributed by atoms with Crippen molar-refractivity contribution < 1.29 is 13.7 Å². The van der Waals surface area contributed by atoms with Crippen molar-refractivity contribution >= 4 is 22.7 Å². The first-order valence-corrected chi connectivity index (χ1v) is 7.68. The maximum Gasteiger partial charge on any atom is 0.327 e. The highest BCUT2D eigenvalue weighted by Gasteiger charge is 2.19. The van der Waals surface area contributed by atoms with Gasteiger partial charge in [0.2, 0.25) is 0 Å². The molecule has 0 amide bonds. The number of carbonyl (C=O) groups excluding carboxylic acids is 1. The van der Waals surface area contributed by atoms with Gasteiger partial charge in [0.15, 0.2) is 0 Å². The highest BCUT2D eigenvalue weighted by Crippen LogP contribution is 2.24. The van der Waals surface area contributed by atoms with Gasteiger partial charge in [-0.2, -0.15) is 5.10 Å². The van der Waals surface area contributed by atoms with E-state index in [-0.39, 0.29) is 12.5 Å². The summed E-state index contributed by atoms with van der Waals surface area (Å²) >= 11 is 0. The summed E-state index contributed by atoms with van der Waals surface area (Å²) in [6, 6.07) is 0. The summed E-state index contributed by atoms with van der Waals surface area (Å²) in [5.41, 5.74) is 2.70. The molecule has 2 rings (SSSR count). The van der Waals surface area contributed by atoms with Crippen LogP contribution in [0.15, 0.2) is 12.3 Å². The molecule has 0 saturated carbocycles. The minimum absolute atomic E-state index is 0.117. The van der Waals surface area contributed by atoms with Crippen molar-refractivity contribution in [2.24, 2.45) is 0 Å². The van der Waals surface area contributed by atoms with E-state index in [9.17, 15) is 9.00 Å². The molecule has 104 valence electrons. The van der Waals surface area contributed by atoms with Crippen molar-refractivity contribution in [2.45, 2.75) is 26.3 Å². The van der Waals surface area contributed by atoms with Crippen LogP contribution in [-0.2, 0) is 33.5 Å². The Morgan fingerprint density at radius 1 is 1.63 bits per heavy atom. The van der Waals surface area contributed by atoms with Crippen LogP contribution in [-0.4, -0.2) is 32.8 Å². The normalized spacial score (nSPS) is 15.4. The lowest BCUT2D eigenvalue weighted by atomic mass is 10.0. The largest absolute Gasteiger partial charge is 0.465 e. The zero-order valence-corrected chi connectivity index (χ0v) is 11.8. The number of fused-ring (bicyclic) bond motifs is 1. The summed E-state index contributed by atoms with van der Waals surface area (Å²) in [6.45, 7) is 2.26. The lowest BCUT2D eigenvalue weighted by Crippen LogP contribution is -2.20. The molecule has 0 bridgehead atoms. The Kier molecular flexibility index (Phi) is 4.36. The Morgan fingerprint density at radius 3 is 3.11 bits per heavy atom. The Labute approximate surface area is 114 Å². The molecule has 1 atom stereocenters. The molecule has 1 unspecified atom stereocenters. The number of allylic oxidation sites excluding steroid dienone is 1. The molecule has 0 aliphatic heterocycles. The molecule has 0 aromatic carbocycles. The summed E-state index contributed by atoms with van der Waals surface area (Å²) in [4.78, 5) is 11.5. The van der Waals surface area contributed by atoms with Crippen LogP contribution in [0.4, 0.5) is 0 Å². The van der Waals surface area contributed by atoms with Crippen LogP contribution < -0.4 is 4.72 Å². The Hall–Kier alpha value is -1.63. The predicted molar refractivity (Wildman–Crippen MR) is 72.4 cm³/mol. The van der Waals surface area contributed by atoms with Gasteiger partial charge in [0.05, 0.1) is 18.5 Å². The molecule has 1 aromatic rings. The minimum atomic E-state index is -1.12. The second-order valence-electron chi connectivity index (χ2n) is 4.18. The predicted octanol–water partition coefficient (Wildman–Crippen LogP) is 0.616. The minimum Gasteiger partial charge on any atom is -0.465 e. The molecule has 1 N–H and O–H groups in total. The van der Waals surface area contributed by atoms with Crippen molar-refractivity contribution in [3.8, 4) is 0 Å². The number of nitrogens with one attached hydrogen (secondary N) is 1. The average Bonchev–Trinajstić information content (AvgIpc) is 2.73. The van der Waals surface area contributed by atoms with E-state index in [1.54, 1.807) is 24.1 Å². The Morgan fingerprint density at radius 2 is 2.42 bits per heavy atom. The van der Waals surface area contributed by atoms with E-state index in [1.165, 1.54) is 0 Å². The molecule has 0 saturated heterocycles. The van der Waals surface area contributed by atoms with Gasteiger partial charge in [-0.25, -0.2) is 4.21 Å². The van der Waals surface area contributed by atoms with E-state index in [2.05, 4.69) is 9.82 Å². The SMILES string of the molecule is CCOC(=O)Cn1ncc2c1CCC=C2NS(C)=O. The average molecular weight is 283 g/mol. The maximum absolute atomic E-state index is 11.5. The van der Waals surface area contributed by atoms with Crippen LogP contribution in [0.5, 0.6) is 0 Å². The van der Waals surface area contributed by atoms with Gasteiger partial charge in [-0.15, -0.1) is 0 Å². The van der Waals surface area contributed by atoms with E-state index in [0.717, 1.165) is 29.8 Å². The number of hydrogen-bond donors (Lipinski definition) is 1. The summed E-state index contributed by atoms with van der Waals surface area (Å²) in [7, 11) is -1.12. The number of nitrogens with zero attached hydrogens (tertiary/aromatic N) is 2. The number of ether oxygens (including phenoxy) is 1. The topological polar surface area (TPSA) is 73.2 Å². The van der Waals surface area contributed by atoms with Gasteiger partial charge in [-0.05, 0) is 19.8 Å². The molecule has 7 heteroatoms. The van der Waals surface area contributed by atoms with Crippen LogP contribution in [0.25, 0.3) is 5.70 Å². The second kappa shape index (κ2) is 6.01. The molecule has 6 nitrogen and oxygen atoms in total. The first-order valence-electron chi connectivity index (χ1n) is 6.12. The lowest BCUT2D eigenvalue weighted by molar-refractivity contribution is -0.144. The van der Waals surface area contributed by atoms with Gasteiger partial charge in [-0.1, -0.05) is 6.08 Å². The van der Waals surface area contributed by atoms with Crippen molar-refractivity contribution in [1.82, 2.24) is 14.5 Å². The zero-order valence-electron chi connectivity index (χ0n) is 11.0. The highest BCUT2D eigenvalue weighted by molar-refractivity contribution is 7.82. The Bertz CT molecular complexity index is 536. The summed E-state index contributed by atoms with van der Waals surface area (Å²) in [6.07, 6.45) is 6.93. The van der Waals surface area contributed by atoms with E-state index in [1.807, 2.05) is 6.08 Å². The van der Waals surface area contributed by atoms with Gasteiger partial charge in [-0.3, -0.25) is 9.48 Å². The van der Waals surface area contributed by atoms with Crippen LogP contribution in [0.2, 0.25) is 0 Å². The summed E-state index contributed by atoms with van der Waals surface area (Å²) in [5.74, 6) is -0.295. The fourth-order valence-corrected chi connectivity index (χ4v) is 2.58. The van der Waals surface area contributed by atoms with Crippen molar-refractivity contribution in [1.29, 1.82) is 0 Å². The zero-order chi connectivity index (χ0) is 13.8. The van der Waals surface area contributed by atoms with Gasteiger partial charge in [0.25, 0.3) is 0 Å². The summed E-state index contributed by atoms with van der Waals surface area (Å²) in [5, 5.41) is 4.21. The van der Waals surface area contributed by atoms with Gasteiger partial charge in [0, 0.05) is 17.5 Å². The first-order chi connectivity index (χ1) is 9.11. The van der Waals surface area contributed by atoms with Crippen molar-refractivity contribution in [2.75, 3.05) is 12.9 Å². The van der Waals surface area contributed by atoms with E-state index in [4.69, 9.17) is 4.74 Å². The fraction of sp³-hybridized carbons (Fsp3) is 0.500. The van der Waals surface area contributed by atoms with Crippen molar-refractivity contribution in [3.05, 3.63) is 23.5 Å². The monoisotopic (exact) mass is 283 g/mol. The van der Waals surface area contributed by atoms with E-state index >= 15 is 0 Å². The second-order valence-corrected chi connectivity index (χ2v) is 5.29. The number of aromatic nitrogens is 2. The Balaban J connectivity index is 2.19. The summed E-state index contributed by atoms with van der Waals surface area (Å²) < 4.78 is 20.7. The molecular formula is C12H17N3O3S. The third-order valence-electron chi connectivity index (χ3n) is 2.81. The molecule has 0 radical (unpaired) electrons. The highest BCUT2D eigenvalue weighted by atomic mass is 32.2. The van der Waals surface area contributed by atoms with Gasteiger partial charge in [0.1, 0.15) is 17.5 Å². The third kappa shape index (κ3) is 3.23. The molecule has 1 aliphatic rings. The van der Waals surface area contributed by atoms with Crippen LogP contribution in [0.1, 0.15) is 24.6 Å². The molecule has 19 heavy (non-hydrogen) atoms. The van der Waals surface area contributed by atoms with Crippen molar-refractivity contribution in [3.63, 3.8) is 0 Å². The lowest BCUT2D eigenvalue weighted by Gasteiger charge is -2.15. The first kappa shape index (κ1) is 13.8. The standard InChI is InChI=1S/C12H17N3O3S/c1-3-18-12(16)8-15-11-6-4-5-10(14-19(2)17)9(11)7-13-15/h5,7,14H,3-4,6,8H2,1-2H3. The number of hydrogen-bond acceptors (Lipinski definition) is 4. The van der Waals surface area contributed by atoms with E-state index < -0.39 is 11.0 Å². The molecule has 1 aliphatic carbocycles. The molecule has 0 fully saturated rings.